The number of ether oxygens (including phenoxy) is 1. The van der Waals surface area contributed by atoms with Crippen LogP contribution in [0.2, 0.25) is 0 Å². The van der Waals surface area contributed by atoms with Gasteiger partial charge in [-0.05, 0) is 18.1 Å². The maximum atomic E-state index is 12.6. The van der Waals surface area contributed by atoms with Crippen molar-refractivity contribution in [3.8, 4) is 28.3 Å². The van der Waals surface area contributed by atoms with Gasteiger partial charge in [-0.2, -0.15) is 5.26 Å². The topological polar surface area (TPSA) is 50.1 Å². The van der Waals surface area contributed by atoms with E-state index in [1.54, 1.807) is 6.92 Å². The Kier molecular flexibility index (Phi) is 4.76. The van der Waals surface area contributed by atoms with Gasteiger partial charge in [0.2, 0.25) is 0 Å². The molecule has 0 fully saturated rings. The third-order valence-electron chi connectivity index (χ3n) is 4.24. The van der Waals surface area contributed by atoms with Gasteiger partial charge in [0.25, 0.3) is 0 Å². The second kappa shape index (κ2) is 7.36. The van der Waals surface area contributed by atoms with Gasteiger partial charge in [-0.1, -0.05) is 60.7 Å². The number of esters is 1. The van der Waals surface area contributed by atoms with Gasteiger partial charge in [-0.25, -0.2) is 4.79 Å². The highest BCUT2D eigenvalue weighted by Gasteiger charge is 2.26. The van der Waals surface area contributed by atoms with Crippen molar-refractivity contribution in [2.45, 2.75) is 6.92 Å². The van der Waals surface area contributed by atoms with Crippen LogP contribution in [0.15, 0.2) is 60.7 Å². The summed E-state index contributed by atoms with van der Waals surface area (Å²) in [6.45, 7) is 2.13. The number of hydrogen-bond acceptors (Lipinski definition) is 5. The summed E-state index contributed by atoms with van der Waals surface area (Å²) in [6.07, 6.45) is 0. The van der Waals surface area contributed by atoms with Crippen LogP contribution in [0.1, 0.15) is 21.5 Å². The molecule has 4 rings (SSSR count). The molecule has 5 heteroatoms. The van der Waals surface area contributed by atoms with Gasteiger partial charge in [0.15, 0.2) is 0 Å². The summed E-state index contributed by atoms with van der Waals surface area (Å²) in [5.41, 5.74) is 3.67. The number of fused-ring (bicyclic) bond motifs is 1. The van der Waals surface area contributed by atoms with Crippen LogP contribution in [0.4, 0.5) is 0 Å². The molecule has 3 nitrogen and oxygen atoms in total. The fourth-order valence-corrected chi connectivity index (χ4v) is 5.63. The molecule has 2 heterocycles. The lowest BCUT2D eigenvalue weighted by molar-refractivity contribution is 0.0533. The van der Waals surface area contributed by atoms with E-state index in [1.807, 2.05) is 60.7 Å². The molecule has 2 aromatic carbocycles. The van der Waals surface area contributed by atoms with Crippen LogP contribution in [0.25, 0.3) is 31.7 Å². The molecule has 0 aliphatic heterocycles. The highest BCUT2D eigenvalue weighted by atomic mass is 32.2. The van der Waals surface area contributed by atoms with Crippen molar-refractivity contribution in [2.75, 3.05) is 6.61 Å². The summed E-state index contributed by atoms with van der Waals surface area (Å²) >= 11 is 2.84. The number of rotatable bonds is 4. The smallest absolute Gasteiger partial charge is 0.349 e. The Morgan fingerprint density at radius 3 is 2.11 bits per heavy atom. The van der Waals surface area contributed by atoms with Crippen LogP contribution in [0, 0.1) is 11.3 Å². The van der Waals surface area contributed by atoms with Crippen LogP contribution in [0.3, 0.4) is 0 Å². The Morgan fingerprint density at radius 2 is 1.56 bits per heavy atom. The molecule has 0 saturated carbocycles. The largest absolute Gasteiger partial charge is 0.462 e. The summed E-state index contributed by atoms with van der Waals surface area (Å²) in [5.74, 6) is -0.317. The average molecular weight is 390 g/mol. The highest BCUT2D eigenvalue weighted by molar-refractivity contribution is 7.40. The molecule has 0 amide bonds. The summed E-state index contributed by atoms with van der Waals surface area (Å²) in [7, 11) is 0. The Labute approximate surface area is 165 Å². The molecule has 0 spiro atoms. The number of carbonyl (C=O) groups excluding carboxylic acids is 1. The zero-order valence-electron chi connectivity index (χ0n) is 14.6. The third kappa shape index (κ3) is 3.03. The first-order valence-corrected chi connectivity index (χ1v) is 10.1. The first-order valence-electron chi connectivity index (χ1n) is 8.52. The molecule has 0 aliphatic carbocycles. The van der Waals surface area contributed by atoms with Gasteiger partial charge in [0.1, 0.15) is 15.8 Å². The zero-order valence-corrected chi connectivity index (χ0v) is 16.2. The van der Waals surface area contributed by atoms with Gasteiger partial charge in [-0.15, -0.1) is 22.7 Å². The van der Waals surface area contributed by atoms with Crippen LogP contribution >= 0.6 is 22.7 Å². The Morgan fingerprint density at radius 1 is 0.963 bits per heavy atom. The molecule has 2 aromatic heterocycles. The molecule has 0 atom stereocenters. The van der Waals surface area contributed by atoms with Gasteiger partial charge in [0.05, 0.1) is 10.6 Å². The minimum Gasteiger partial charge on any atom is -0.462 e. The maximum absolute atomic E-state index is 12.6. The normalized spacial score (nSPS) is 10.7. The van der Waals surface area contributed by atoms with Gasteiger partial charge < -0.3 is 4.74 Å². The van der Waals surface area contributed by atoms with Crippen molar-refractivity contribution in [3.05, 3.63) is 70.4 Å². The molecule has 4 aromatic rings. The highest BCUT2D eigenvalue weighted by Crippen LogP contribution is 2.49. The molecule has 27 heavy (non-hydrogen) atoms. The van der Waals surface area contributed by atoms with E-state index in [4.69, 9.17) is 4.74 Å². The number of hydrogen-bond donors (Lipinski definition) is 0. The lowest BCUT2D eigenvalue weighted by Gasteiger charge is -2.07. The Hall–Kier alpha value is -2.94. The fraction of sp³-hybridized carbons (Fsp3) is 0.0909. The van der Waals surface area contributed by atoms with E-state index < -0.39 is 0 Å². The monoisotopic (exact) mass is 389 g/mol. The predicted molar refractivity (Wildman–Crippen MR) is 111 cm³/mol. The minimum absolute atomic E-state index is 0.317. The fourth-order valence-electron chi connectivity index (χ4n) is 3.15. The van der Waals surface area contributed by atoms with Crippen LogP contribution in [-0.4, -0.2) is 12.6 Å². The van der Waals surface area contributed by atoms with Crippen molar-refractivity contribution in [2.24, 2.45) is 0 Å². The van der Waals surface area contributed by atoms with Crippen LogP contribution < -0.4 is 0 Å². The number of carbonyl (C=O) groups is 1. The first kappa shape index (κ1) is 17.5. The van der Waals surface area contributed by atoms with E-state index in [-0.39, 0.29) is 5.97 Å². The van der Waals surface area contributed by atoms with E-state index in [0.717, 1.165) is 31.7 Å². The number of nitriles is 1. The maximum Gasteiger partial charge on any atom is 0.349 e. The standard InChI is InChI=1S/C22H15NO2S2/c1-2-25-21(24)20-18(15-11-7-4-8-12-15)19-17(14-9-5-3-6-10-14)16(13-23)26-22(19)27-20/h3-12H,2H2,1H3. The van der Waals surface area contributed by atoms with Crippen molar-refractivity contribution >= 4 is 38.0 Å². The molecule has 132 valence electrons. The van der Waals surface area contributed by atoms with Crippen molar-refractivity contribution in [3.63, 3.8) is 0 Å². The average Bonchev–Trinajstić information content (AvgIpc) is 3.25. The summed E-state index contributed by atoms with van der Waals surface area (Å²) < 4.78 is 6.27. The Bertz CT molecular complexity index is 1150. The molecule has 0 bridgehead atoms. The van der Waals surface area contributed by atoms with Crippen molar-refractivity contribution < 1.29 is 9.53 Å². The predicted octanol–water partition coefficient (Wildman–Crippen LogP) is 6.35. The third-order valence-corrected chi connectivity index (χ3v) is 6.59. The summed E-state index contributed by atoms with van der Waals surface area (Å²) in [5, 5.41) is 10.7. The van der Waals surface area contributed by atoms with E-state index >= 15 is 0 Å². The molecule has 0 N–H and O–H groups in total. The lowest BCUT2D eigenvalue weighted by atomic mass is 9.96. The summed E-state index contributed by atoms with van der Waals surface area (Å²) in [6, 6.07) is 22.0. The van der Waals surface area contributed by atoms with E-state index in [0.29, 0.717) is 16.4 Å². The number of benzene rings is 2. The SMILES string of the molecule is CCOC(=O)c1sc2sc(C#N)c(-c3ccccc3)c2c1-c1ccccc1. The van der Waals surface area contributed by atoms with Gasteiger partial charge in [0, 0.05) is 16.5 Å². The molecular formula is C22H15NO2S2. The number of nitrogens with zero attached hydrogens (tertiary/aromatic N) is 1. The molecular weight excluding hydrogens is 374 g/mol. The van der Waals surface area contributed by atoms with E-state index in [1.165, 1.54) is 22.7 Å². The molecule has 0 aliphatic rings. The Balaban J connectivity index is 2.09. The molecule has 0 saturated heterocycles. The van der Waals surface area contributed by atoms with Crippen molar-refractivity contribution in [1.82, 2.24) is 0 Å². The molecule has 0 radical (unpaired) electrons. The summed E-state index contributed by atoms with van der Waals surface area (Å²) in [4.78, 5) is 13.9. The zero-order chi connectivity index (χ0) is 18.8. The first-order chi connectivity index (χ1) is 13.2. The minimum atomic E-state index is -0.317. The van der Waals surface area contributed by atoms with Crippen LogP contribution in [0.5, 0.6) is 0 Å². The van der Waals surface area contributed by atoms with E-state index in [9.17, 15) is 10.1 Å². The van der Waals surface area contributed by atoms with E-state index in [2.05, 4.69) is 6.07 Å². The molecule has 0 unspecified atom stereocenters. The van der Waals surface area contributed by atoms with Gasteiger partial charge >= 0.3 is 5.97 Å². The van der Waals surface area contributed by atoms with Gasteiger partial charge in [-0.3, -0.25) is 0 Å². The van der Waals surface area contributed by atoms with Crippen LogP contribution in [-0.2, 0) is 4.74 Å². The quantitative estimate of drug-likeness (QED) is 0.382. The van der Waals surface area contributed by atoms with Crippen molar-refractivity contribution in [1.29, 1.82) is 5.26 Å². The number of thiophene rings is 2. The second-order valence-electron chi connectivity index (χ2n) is 5.84. The second-order valence-corrected chi connectivity index (χ2v) is 8.14. The lowest BCUT2D eigenvalue weighted by Crippen LogP contribution is -2.03.